The molecule has 0 aromatic heterocycles. The average Bonchev–Trinajstić information content (AvgIpc) is 2.27. The molecule has 0 bridgehead atoms. The molecule has 0 spiro atoms. The van der Waals surface area contributed by atoms with Crippen molar-refractivity contribution < 1.29 is 0 Å². The van der Waals surface area contributed by atoms with E-state index >= 15 is 0 Å². The van der Waals surface area contributed by atoms with Gasteiger partial charge in [-0.05, 0) is 46.3 Å². The molecule has 17 heavy (non-hydrogen) atoms. The maximum Gasteiger partial charge on any atom is 0.0128 e. The zero-order valence-electron chi connectivity index (χ0n) is 11.7. The topological polar surface area (TPSA) is 15.3 Å². The molecule has 0 heterocycles. The van der Waals surface area contributed by atoms with Crippen molar-refractivity contribution in [3.05, 3.63) is 35.9 Å². The summed E-state index contributed by atoms with van der Waals surface area (Å²) in [5.74, 6) is 0. The molecular formula is C15H26N2. The zero-order chi connectivity index (χ0) is 12.7. The van der Waals surface area contributed by atoms with Crippen LogP contribution in [0.25, 0.3) is 0 Å². The van der Waals surface area contributed by atoms with Crippen LogP contribution in [0.3, 0.4) is 0 Å². The van der Waals surface area contributed by atoms with Crippen LogP contribution >= 0.6 is 0 Å². The number of rotatable bonds is 7. The number of nitrogens with one attached hydrogen (secondary N) is 1. The maximum absolute atomic E-state index is 3.62. The van der Waals surface area contributed by atoms with Gasteiger partial charge >= 0.3 is 0 Å². The Morgan fingerprint density at radius 3 is 2.35 bits per heavy atom. The highest BCUT2D eigenvalue weighted by atomic mass is 15.1. The molecule has 1 aromatic carbocycles. The van der Waals surface area contributed by atoms with Crippen molar-refractivity contribution in [2.75, 3.05) is 27.2 Å². The lowest BCUT2D eigenvalue weighted by Gasteiger charge is -2.27. The van der Waals surface area contributed by atoms with Gasteiger partial charge in [0.15, 0.2) is 0 Å². The fraction of sp³-hybridized carbons (Fsp3) is 0.600. The normalized spacial score (nSPS) is 12.1. The van der Waals surface area contributed by atoms with Gasteiger partial charge in [-0.2, -0.15) is 0 Å². The minimum absolute atomic E-state index is 0.214. The second kappa shape index (κ2) is 6.77. The molecule has 0 amide bonds. The van der Waals surface area contributed by atoms with Gasteiger partial charge in [-0.15, -0.1) is 0 Å². The lowest BCUT2D eigenvalue weighted by atomic mass is 9.95. The van der Waals surface area contributed by atoms with Crippen molar-refractivity contribution in [1.29, 1.82) is 0 Å². The smallest absolute Gasteiger partial charge is 0.0128 e. The molecule has 2 heteroatoms. The molecule has 0 radical (unpaired) electrons. The summed E-state index contributed by atoms with van der Waals surface area (Å²) in [6.07, 6.45) is 2.31. The first-order chi connectivity index (χ1) is 7.99. The number of aryl methyl sites for hydroxylation is 1. The Balaban J connectivity index is 2.29. The van der Waals surface area contributed by atoms with Crippen LogP contribution in [0.1, 0.15) is 25.8 Å². The molecule has 0 saturated carbocycles. The number of hydrogen-bond acceptors (Lipinski definition) is 2. The number of likely N-dealkylation sites (N-methyl/N-ethyl adjacent to an activating group) is 1. The van der Waals surface area contributed by atoms with E-state index in [0.717, 1.165) is 19.5 Å². The van der Waals surface area contributed by atoms with Crippen molar-refractivity contribution >= 4 is 0 Å². The first kappa shape index (κ1) is 14.2. The van der Waals surface area contributed by atoms with E-state index in [4.69, 9.17) is 0 Å². The monoisotopic (exact) mass is 234 g/mol. The molecule has 96 valence electrons. The molecule has 0 unspecified atom stereocenters. The van der Waals surface area contributed by atoms with Crippen molar-refractivity contribution in [3.8, 4) is 0 Å². The van der Waals surface area contributed by atoms with Crippen LogP contribution in [0.5, 0.6) is 0 Å². The van der Waals surface area contributed by atoms with Gasteiger partial charge < -0.3 is 10.2 Å². The minimum atomic E-state index is 0.214. The Labute approximate surface area is 106 Å². The Bertz CT molecular complexity index is 304. The number of benzene rings is 1. The highest BCUT2D eigenvalue weighted by Gasteiger charge is 2.16. The van der Waals surface area contributed by atoms with Gasteiger partial charge in [0.05, 0.1) is 0 Å². The summed E-state index contributed by atoms with van der Waals surface area (Å²) in [5, 5.41) is 3.62. The van der Waals surface area contributed by atoms with E-state index < -0.39 is 0 Å². The number of nitrogens with zero attached hydrogens (tertiary/aromatic N) is 1. The molecule has 0 aliphatic carbocycles. The Morgan fingerprint density at radius 1 is 1.12 bits per heavy atom. The van der Waals surface area contributed by atoms with Crippen LogP contribution < -0.4 is 5.32 Å². The Kier molecular flexibility index (Phi) is 5.66. The summed E-state index contributed by atoms with van der Waals surface area (Å²) >= 11 is 0. The van der Waals surface area contributed by atoms with Gasteiger partial charge in [0, 0.05) is 18.6 Å². The summed E-state index contributed by atoms with van der Waals surface area (Å²) in [4.78, 5) is 2.21. The predicted molar refractivity (Wildman–Crippen MR) is 75.4 cm³/mol. The number of hydrogen-bond donors (Lipinski definition) is 1. The van der Waals surface area contributed by atoms with Crippen molar-refractivity contribution in [3.63, 3.8) is 0 Å². The first-order valence-corrected chi connectivity index (χ1v) is 6.43. The fourth-order valence-electron chi connectivity index (χ4n) is 1.81. The molecular weight excluding hydrogens is 208 g/mol. The van der Waals surface area contributed by atoms with E-state index in [1.807, 2.05) is 0 Å². The van der Waals surface area contributed by atoms with Crippen LogP contribution in [-0.2, 0) is 6.42 Å². The third-order valence-corrected chi connectivity index (χ3v) is 3.04. The highest BCUT2D eigenvalue weighted by Crippen LogP contribution is 2.13. The van der Waals surface area contributed by atoms with Gasteiger partial charge in [0.1, 0.15) is 0 Å². The highest BCUT2D eigenvalue weighted by molar-refractivity contribution is 5.15. The lowest BCUT2D eigenvalue weighted by Crippen LogP contribution is -2.42. The average molecular weight is 234 g/mol. The molecule has 1 aromatic rings. The summed E-state index contributed by atoms with van der Waals surface area (Å²) in [5.41, 5.74) is 1.64. The van der Waals surface area contributed by atoms with Gasteiger partial charge in [-0.3, -0.25) is 0 Å². The quantitative estimate of drug-likeness (QED) is 0.780. The summed E-state index contributed by atoms with van der Waals surface area (Å²) in [6, 6.07) is 10.7. The standard InChI is InChI=1S/C15H26N2/c1-15(2,16-12-13-17(3)4)11-10-14-8-6-5-7-9-14/h5-9,16H,10-13H2,1-4H3. The van der Waals surface area contributed by atoms with E-state index in [-0.39, 0.29) is 5.54 Å². The third kappa shape index (κ3) is 6.44. The van der Waals surface area contributed by atoms with Crippen LogP contribution in [0.15, 0.2) is 30.3 Å². The second-order valence-electron chi connectivity index (χ2n) is 5.60. The largest absolute Gasteiger partial charge is 0.311 e. The summed E-state index contributed by atoms with van der Waals surface area (Å²) in [6.45, 7) is 6.71. The van der Waals surface area contributed by atoms with Crippen molar-refractivity contribution in [2.45, 2.75) is 32.2 Å². The van der Waals surface area contributed by atoms with Crippen LogP contribution in [-0.4, -0.2) is 37.6 Å². The van der Waals surface area contributed by atoms with E-state index in [0.29, 0.717) is 0 Å². The SMILES string of the molecule is CN(C)CCNC(C)(C)CCc1ccccc1. The van der Waals surface area contributed by atoms with E-state index in [1.54, 1.807) is 0 Å². The summed E-state index contributed by atoms with van der Waals surface area (Å²) < 4.78 is 0. The molecule has 0 atom stereocenters. The molecule has 0 fully saturated rings. The predicted octanol–water partition coefficient (Wildman–Crippen LogP) is 2.55. The van der Waals surface area contributed by atoms with Crippen LogP contribution in [0, 0.1) is 0 Å². The Hall–Kier alpha value is -0.860. The maximum atomic E-state index is 3.62. The molecule has 0 aliphatic heterocycles. The van der Waals surface area contributed by atoms with Gasteiger partial charge in [0.2, 0.25) is 0 Å². The van der Waals surface area contributed by atoms with Gasteiger partial charge in [0.25, 0.3) is 0 Å². The minimum Gasteiger partial charge on any atom is -0.311 e. The van der Waals surface area contributed by atoms with Crippen LogP contribution in [0.2, 0.25) is 0 Å². The van der Waals surface area contributed by atoms with E-state index in [1.165, 1.54) is 12.0 Å². The van der Waals surface area contributed by atoms with Crippen molar-refractivity contribution in [1.82, 2.24) is 10.2 Å². The molecule has 0 aliphatic rings. The van der Waals surface area contributed by atoms with E-state index in [2.05, 4.69) is 68.5 Å². The van der Waals surface area contributed by atoms with Crippen molar-refractivity contribution in [2.24, 2.45) is 0 Å². The van der Waals surface area contributed by atoms with E-state index in [9.17, 15) is 0 Å². The molecule has 1 rings (SSSR count). The second-order valence-corrected chi connectivity index (χ2v) is 5.60. The zero-order valence-corrected chi connectivity index (χ0v) is 11.7. The fourth-order valence-corrected chi connectivity index (χ4v) is 1.81. The molecule has 1 N–H and O–H groups in total. The summed E-state index contributed by atoms with van der Waals surface area (Å²) in [7, 11) is 4.22. The molecule has 2 nitrogen and oxygen atoms in total. The van der Waals surface area contributed by atoms with Crippen LogP contribution in [0.4, 0.5) is 0 Å². The van der Waals surface area contributed by atoms with Gasteiger partial charge in [-0.1, -0.05) is 30.3 Å². The first-order valence-electron chi connectivity index (χ1n) is 6.43. The van der Waals surface area contributed by atoms with Gasteiger partial charge in [-0.25, -0.2) is 0 Å². The lowest BCUT2D eigenvalue weighted by molar-refractivity contribution is 0.324. The molecule has 0 saturated heterocycles. The third-order valence-electron chi connectivity index (χ3n) is 3.04. The Morgan fingerprint density at radius 2 is 1.76 bits per heavy atom.